The summed E-state index contributed by atoms with van der Waals surface area (Å²) in [7, 11) is 0. The minimum Gasteiger partial charge on any atom is -0.375 e. The third-order valence-electron chi connectivity index (χ3n) is 6.37. The second kappa shape index (κ2) is 6.37. The number of nitrogens with one attached hydrogen (secondary N) is 1. The van der Waals surface area contributed by atoms with E-state index in [2.05, 4.69) is 15.1 Å². The molecule has 0 aliphatic heterocycles. The van der Waals surface area contributed by atoms with Gasteiger partial charge in [-0.05, 0) is 45.4 Å². The average Bonchev–Trinajstić information content (AvgIpc) is 3.21. The molecule has 3 aromatic heterocycles. The zero-order valence-corrected chi connectivity index (χ0v) is 16.5. The number of nitrogens with two attached hydrogens (primary N) is 1. The van der Waals surface area contributed by atoms with E-state index in [9.17, 15) is 9.18 Å². The first-order valence-corrected chi connectivity index (χ1v) is 10.7. The van der Waals surface area contributed by atoms with Gasteiger partial charge in [0.25, 0.3) is 5.56 Å². The van der Waals surface area contributed by atoms with Gasteiger partial charge in [0.05, 0.1) is 17.9 Å². The minimum absolute atomic E-state index is 0.0824. The van der Waals surface area contributed by atoms with Gasteiger partial charge in [0.15, 0.2) is 10.8 Å². The molecule has 7 nitrogen and oxygen atoms in total. The number of halogens is 1. The lowest BCUT2D eigenvalue weighted by molar-refractivity contribution is 0.103. The first-order chi connectivity index (χ1) is 13.4. The third kappa shape index (κ3) is 2.92. The number of nitrogen functional groups attached to an aromatic ring is 1. The molecule has 3 N–H and O–H groups in total. The highest BCUT2D eigenvalue weighted by Gasteiger charge is 2.37. The molecule has 3 heterocycles. The predicted octanol–water partition coefficient (Wildman–Crippen LogP) is 3.66. The van der Waals surface area contributed by atoms with Gasteiger partial charge in [0.1, 0.15) is 16.9 Å². The zero-order chi connectivity index (χ0) is 19.5. The number of aromatic nitrogens is 5. The number of H-pyrrole nitrogens is 1. The van der Waals surface area contributed by atoms with E-state index in [1.165, 1.54) is 11.3 Å². The lowest BCUT2D eigenvalue weighted by Crippen LogP contribution is -2.29. The predicted molar refractivity (Wildman–Crippen MR) is 106 cm³/mol. The topological polar surface area (TPSA) is 102 Å². The summed E-state index contributed by atoms with van der Waals surface area (Å²) in [6, 6.07) is 0.0824. The fourth-order valence-corrected chi connectivity index (χ4v) is 5.12. The van der Waals surface area contributed by atoms with Gasteiger partial charge in [-0.25, -0.2) is 19.0 Å². The van der Waals surface area contributed by atoms with Crippen LogP contribution < -0.4 is 11.3 Å². The SMILES string of the molecule is CC1(F)CCC(n2ncc3c(=O)[nH]c([C@@H]4CC[C@@H]4c4csc(N)n4)nc32)CC1. The molecule has 9 heteroatoms. The van der Waals surface area contributed by atoms with Gasteiger partial charge in [0, 0.05) is 17.2 Å². The van der Waals surface area contributed by atoms with Crippen molar-refractivity contribution in [2.75, 3.05) is 5.73 Å². The number of hydrogen-bond acceptors (Lipinski definition) is 6. The van der Waals surface area contributed by atoms with Crippen LogP contribution in [-0.2, 0) is 0 Å². The van der Waals surface area contributed by atoms with E-state index in [1.807, 2.05) is 10.1 Å². The first-order valence-electron chi connectivity index (χ1n) is 9.78. The third-order valence-corrected chi connectivity index (χ3v) is 7.06. The molecule has 0 bridgehead atoms. The fraction of sp³-hybridized carbons (Fsp3) is 0.579. The molecule has 2 aliphatic carbocycles. The molecule has 2 aliphatic rings. The van der Waals surface area contributed by atoms with E-state index in [0.717, 1.165) is 18.5 Å². The summed E-state index contributed by atoms with van der Waals surface area (Å²) in [5.74, 6) is 1.04. The van der Waals surface area contributed by atoms with Gasteiger partial charge in [-0.15, -0.1) is 11.3 Å². The van der Waals surface area contributed by atoms with Crippen molar-refractivity contribution in [2.45, 2.75) is 69.0 Å². The van der Waals surface area contributed by atoms with Crippen molar-refractivity contribution in [3.05, 3.63) is 33.4 Å². The summed E-state index contributed by atoms with van der Waals surface area (Å²) in [6.45, 7) is 1.66. The van der Waals surface area contributed by atoms with Crippen LogP contribution in [0.15, 0.2) is 16.4 Å². The summed E-state index contributed by atoms with van der Waals surface area (Å²) < 4.78 is 16.0. The van der Waals surface area contributed by atoms with Gasteiger partial charge in [-0.1, -0.05) is 0 Å². The Bertz CT molecular complexity index is 1080. The Labute approximate surface area is 165 Å². The zero-order valence-electron chi connectivity index (χ0n) is 15.7. The van der Waals surface area contributed by atoms with Crippen molar-refractivity contribution in [3.8, 4) is 0 Å². The quantitative estimate of drug-likeness (QED) is 0.696. The molecule has 28 heavy (non-hydrogen) atoms. The van der Waals surface area contributed by atoms with Gasteiger partial charge in [-0.2, -0.15) is 5.10 Å². The number of nitrogens with zero attached hydrogens (tertiary/aromatic N) is 4. The lowest BCUT2D eigenvalue weighted by atomic mass is 9.71. The molecule has 0 aromatic carbocycles. The standard InChI is InChI=1S/C19H23FN6OS/c1-19(20)6-4-10(5-7-19)26-16-13(8-22-26)17(27)25-15(24-16)12-3-2-11(12)14-9-28-18(21)23-14/h8-12H,2-7H2,1H3,(H2,21,23)(H,24,25,27)/t10?,11-,12+,19?/m0/s1. The smallest absolute Gasteiger partial charge is 0.262 e. The van der Waals surface area contributed by atoms with Crippen molar-refractivity contribution in [1.29, 1.82) is 0 Å². The van der Waals surface area contributed by atoms with Crippen LogP contribution in [0.2, 0.25) is 0 Å². The van der Waals surface area contributed by atoms with Crippen LogP contribution in [-0.4, -0.2) is 30.4 Å². The molecular weight excluding hydrogens is 379 g/mol. The van der Waals surface area contributed by atoms with Crippen molar-refractivity contribution in [1.82, 2.24) is 24.7 Å². The van der Waals surface area contributed by atoms with Gasteiger partial charge < -0.3 is 10.7 Å². The summed E-state index contributed by atoms with van der Waals surface area (Å²) in [4.78, 5) is 24.8. The monoisotopic (exact) mass is 402 g/mol. The van der Waals surface area contributed by atoms with E-state index in [1.54, 1.807) is 13.1 Å². The number of alkyl halides is 1. The van der Waals surface area contributed by atoms with Crippen LogP contribution in [0, 0.1) is 0 Å². The van der Waals surface area contributed by atoms with E-state index in [4.69, 9.17) is 10.7 Å². The summed E-state index contributed by atoms with van der Waals surface area (Å²) in [5.41, 5.74) is 6.09. The second-order valence-electron chi connectivity index (χ2n) is 8.32. The molecular formula is C19H23FN6OS. The Balaban J connectivity index is 1.49. The summed E-state index contributed by atoms with van der Waals surface area (Å²) >= 11 is 1.44. The number of hydrogen-bond donors (Lipinski definition) is 2. The largest absolute Gasteiger partial charge is 0.375 e. The van der Waals surface area contributed by atoms with E-state index < -0.39 is 5.67 Å². The normalized spacial score (nSPS) is 30.4. The fourth-order valence-electron chi connectivity index (χ4n) is 4.50. The van der Waals surface area contributed by atoms with Crippen LogP contribution in [0.3, 0.4) is 0 Å². The van der Waals surface area contributed by atoms with Crippen LogP contribution in [0.25, 0.3) is 11.0 Å². The van der Waals surface area contributed by atoms with Crippen molar-refractivity contribution < 1.29 is 4.39 Å². The molecule has 0 amide bonds. The molecule has 2 saturated carbocycles. The maximum Gasteiger partial charge on any atom is 0.262 e. The average molecular weight is 402 g/mol. The van der Waals surface area contributed by atoms with Crippen molar-refractivity contribution in [3.63, 3.8) is 0 Å². The van der Waals surface area contributed by atoms with Gasteiger partial charge in [-0.3, -0.25) is 4.79 Å². The molecule has 0 radical (unpaired) electrons. The second-order valence-corrected chi connectivity index (χ2v) is 9.21. The van der Waals surface area contributed by atoms with E-state index >= 15 is 0 Å². The Morgan fingerprint density at radius 3 is 2.64 bits per heavy atom. The molecule has 2 atom stereocenters. The molecule has 0 spiro atoms. The molecule has 5 rings (SSSR count). The number of anilines is 1. The van der Waals surface area contributed by atoms with Crippen LogP contribution in [0.4, 0.5) is 9.52 Å². The number of fused-ring (bicyclic) bond motifs is 1. The highest BCUT2D eigenvalue weighted by Crippen LogP contribution is 2.48. The summed E-state index contributed by atoms with van der Waals surface area (Å²) in [5, 5.41) is 7.48. The van der Waals surface area contributed by atoms with Gasteiger partial charge in [0.2, 0.25) is 0 Å². The van der Waals surface area contributed by atoms with Crippen molar-refractivity contribution >= 4 is 27.5 Å². The Morgan fingerprint density at radius 2 is 2.00 bits per heavy atom. The molecule has 2 fully saturated rings. The van der Waals surface area contributed by atoms with Crippen LogP contribution in [0.5, 0.6) is 0 Å². The molecule has 0 saturated heterocycles. The maximum absolute atomic E-state index is 14.2. The maximum atomic E-state index is 14.2. The van der Waals surface area contributed by atoms with Crippen LogP contribution >= 0.6 is 11.3 Å². The molecule has 148 valence electrons. The van der Waals surface area contributed by atoms with E-state index in [-0.39, 0.29) is 23.4 Å². The Hall–Kier alpha value is -2.29. The molecule has 0 unspecified atom stereocenters. The highest BCUT2D eigenvalue weighted by molar-refractivity contribution is 7.13. The summed E-state index contributed by atoms with van der Waals surface area (Å²) in [6.07, 6.45) is 5.96. The number of thiazole rings is 1. The number of aromatic amines is 1. The Morgan fingerprint density at radius 1 is 1.25 bits per heavy atom. The molecule has 3 aromatic rings. The lowest BCUT2D eigenvalue weighted by Gasteiger charge is -2.34. The van der Waals surface area contributed by atoms with Crippen LogP contribution in [0.1, 0.15) is 74.8 Å². The minimum atomic E-state index is -1.11. The van der Waals surface area contributed by atoms with E-state index in [0.29, 0.717) is 47.7 Å². The highest BCUT2D eigenvalue weighted by atomic mass is 32.1. The number of rotatable bonds is 3. The van der Waals surface area contributed by atoms with Crippen molar-refractivity contribution in [2.24, 2.45) is 0 Å². The first kappa shape index (κ1) is 17.8. The Kier molecular flexibility index (Phi) is 4.04. The van der Waals surface area contributed by atoms with Gasteiger partial charge >= 0.3 is 0 Å².